The van der Waals surface area contributed by atoms with Crippen LogP contribution in [0.3, 0.4) is 0 Å². The Hall–Kier alpha value is -1.44. The second-order valence-corrected chi connectivity index (χ2v) is 2.96. The first-order chi connectivity index (χ1) is 6.79. The molecule has 72 valence electrons. The lowest BCUT2D eigenvalue weighted by molar-refractivity contribution is -0.0443. The molecule has 14 heavy (non-hydrogen) atoms. The van der Waals surface area contributed by atoms with Crippen molar-refractivity contribution in [2.45, 2.75) is 6.29 Å². The fourth-order valence-corrected chi connectivity index (χ4v) is 1.36. The molecule has 1 aliphatic heterocycles. The Bertz CT molecular complexity index is 380. The Morgan fingerprint density at radius 2 is 2.00 bits per heavy atom. The summed E-state index contributed by atoms with van der Waals surface area (Å²) in [5.41, 5.74) is 0.832. The van der Waals surface area contributed by atoms with E-state index in [4.69, 9.17) is 14.7 Å². The van der Waals surface area contributed by atoms with Crippen LogP contribution >= 0.6 is 0 Å². The van der Waals surface area contributed by atoms with Gasteiger partial charge in [0.2, 0.25) is 0 Å². The summed E-state index contributed by atoms with van der Waals surface area (Å²) in [5.74, 6) is -0.446. The number of ether oxygens (including phenoxy) is 2. The van der Waals surface area contributed by atoms with E-state index in [1.54, 1.807) is 6.07 Å². The minimum Gasteiger partial charge on any atom is -0.346 e. The number of nitrogens with zero attached hydrogens (tertiary/aromatic N) is 1. The minimum absolute atomic E-state index is 0.277. The van der Waals surface area contributed by atoms with E-state index in [9.17, 15) is 4.39 Å². The van der Waals surface area contributed by atoms with E-state index in [1.165, 1.54) is 12.1 Å². The van der Waals surface area contributed by atoms with E-state index in [0.717, 1.165) is 0 Å². The highest BCUT2D eigenvalue weighted by Crippen LogP contribution is 2.24. The van der Waals surface area contributed by atoms with Crippen molar-refractivity contribution in [1.29, 1.82) is 5.26 Å². The van der Waals surface area contributed by atoms with E-state index in [0.29, 0.717) is 18.8 Å². The fourth-order valence-electron chi connectivity index (χ4n) is 1.36. The molecule has 0 spiro atoms. The van der Waals surface area contributed by atoms with Gasteiger partial charge in [0, 0.05) is 5.56 Å². The lowest BCUT2D eigenvalue weighted by Gasteiger charge is -2.09. The van der Waals surface area contributed by atoms with Crippen LogP contribution in [0.1, 0.15) is 17.4 Å². The molecule has 4 heteroatoms. The van der Waals surface area contributed by atoms with Crippen LogP contribution in [-0.2, 0) is 9.47 Å². The van der Waals surface area contributed by atoms with Crippen LogP contribution in [-0.4, -0.2) is 13.2 Å². The van der Waals surface area contributed by atoms with Gasteiger partial charge < -0.3 is 9.47 Å². The third-order valence-corrected chi connectivity index (χ3v) is 1.94. The molecule has 1 aromatic rings. The van der Waals surface area contributed by atoms with Crippen molar-refractivity contribution < 1.29 is 13.9 Å². The molecule has 1 fully saturated rings. The third kappa shape index (κ3) is 1.74. The van der Waals surface area contributed by atoms with Crippen LogP contribution < -0.4 is 0 Å². The SMILES string of the molecule is N#Cc1cc(F)cc(C2OCCO2)c1. The molecule has 1 saturated heterocycles. The number of rotatable bonds is 1. The number of hydrogen-bond acceptors (Lipinski definition) is 3. The predicted octanol–water partition coefficient (Wildman–Crippen LogP) is 1.74. The Morgan fingerprint density at radius 1 is 1.29 bits per heavy atom. The van der Waals surface area contributed by atoms with E-state index in [-0.39, 0.29) is 5.56 Å². The lowest BCUT2D eigenvalue weighted by atomic mass is 10.1. The molecule has 0 amide bonds. The van der Waals surface area contributed by atoms with E-state index >= 15 is 0 Å². The Kier molecular flexibility index (Phi) is 2.44. The second kappa shape index (κ2) is 3.74. The molecule has 1 aliphatic rings. The normalized spacial score (nSPS) is 16.9. The van der Waals surface area contributed by atoms with Gasteiger partial charge in [0.25, 0.3) is 0 Å². The van der Waals surface area contributed by atoms with Gasteiger partial charge in [-0.1, -0.05) is 0 Å². The van der Waals surface area contributed by atoms with Gasteiger partial charge in [0.05, 0.1) is 24.8 Å². The summed E-state index contributed by atoms with van der Waals surface area (Å²) in [6.45, 7) is 1.01. The van der Waals surface area contributed by atoms with Gasteiger partial charge in [-0.05, 0) is 18.2 Å². The van der Waals surface area contributed by atoms with Crippen LogP contribution in [0.25, 0.3) is 0 Å². The molecule has 2 rings (SSSR count). The van der Waals surface area contributed by atoms with Crippen molar-refractivity contribution in [3.05, 3.63) is 35.1 Å². The smallest absolute Gasteiger partial charge is 0.184 e. The van der Waals surface area contributed by atoms with E-state index in [1.807, 2.05) is 6.07 Å². The van der Waals surface area contributed by atoms with Gasteiger partial charge in [-0.25, -0.2) is 4.39 Å². The third-order valence-electron chi connectivity index (χ3n) is 1.94. The summed E-state index contributed by atoms with van der Waals surface area (Å²) in [6, 6.07) is 5.94. The van der Waals surface area contributed by atoms with Crippen molar-refractivity contribution in [1.82, 2.24) is 0 Å². The molecule has 0 unspecified atom stereocenters. The molecule has 1 aromatic carbocycles. The topological polar surface area (TPSA) is 42.2 Å². The van der Waals surface area contributed by atoms with Crippen LogP contribution in [0.15, 0.2) is 18.2 Å². The summed E-state index contributed by atoms with van der Waals surface area (Å²) in [4.78, 5) is 0. The second-order valence-electron chi connectivity index (χ2n) is 2.96. The van der Waals surface area contributed by atoms with Gasteiger partial charge in [-0.2, -0.15) is 5.26 Å². The van der Waals surface area contributed by atoms with Crippen LogP contribution in [0.5, 0.6) is 0 Å². The highest BCUT2D eigenvalue weighted by atomic mass is 19.1. The first-order valence-electron chi connectivity index (χ1n) is 4.23. The molecule has 0 aromatic heterocycles. The molecular formula is C10H8FNO2. The predicted molar refractivity (Wildman–Crippen MR) is 45.8 cm³/mol. The van der Waals surface area contributed by atoms with Gasteiger partial charge in [0.1, 0.15) is 5.82 Å². The van der Waals surface area contributed by atoms with Crippen molar-refractivity contribution in [2.24, 2.45) is 0 Å². The van der Waals surface area contributed by atoms with E-state index < -0.39 is 12.1 Å². The number of halogens is 1. The molecule has 0 N–H and O–H groups in total. The van der Waals surface area contributed by atoms with Crippen LogP contribution in [0.4, 0.5) is 4.39 Å². The molecule has 1 heterocycles. The highest BCUT2D eigenvalue weighted by molar-refractivity contribution is 5.34. The monoisotopic (exact) mass is 193 g/mol. The summed E-state index contributed by atoms with van der Waals surface area (Å²) in [7, 11) is 0. The summed E-state index contributed by atoms with van der Waals surface area (Å²) in [5, 5.41) is 8.63. The molecule has 0 bridgehead atoms. The van der Waals surface area contributed by atoms with Crippen molar-refractivity contribution in [2.75, 3.05) is 13.2 Å². The zero-order valence-electron chi connectivity index (χ0n) is 7.37. The first kappa shape index (κ1) is 9.13. The zero-order chi connectivity index (χ0) is 9.97. The lowest BCUT2D eigenvalue weighted by Crippen LogP contribution is -1.99. The summed E-state index contributed by atoms with van der Waals surface area (Å²) >= 11 is 0. The van der Waals surface area contributed by atoms with Crippen LogP contribution in [0, 0.1) is 17.1 Å². The fraction of sp³-hybridized carbons (Fsp3) is 0.300. The van der Waals surface area contributed by atoms with Gasteiger partial charge in [-0.3, -0.25) is 0 Å². The Morgan fingerprint density at radius 3 is 2.64 bits per heavy atom. The Labute approximate surface area is 80.7 Å². The maximum Gasteiger partial charge on any atom is 0.184 e. The highest BCUT2D eigenvalue weighted by Gasteiger charge is 2.19. The molecule has 0 radical (unpaired) electrons. The van der Waals surface area contributed by atoms with Crippen molar-refractivity contribution in [3.8, 4) is 6.07 Å². The number of hydrogen-bond donors (Lipinski definition) is 0. The maximum absolute atomic E-state index is 13.0. The summed E-state index contributed by atoms with van der Waals surface area (Å²) in [6.07, 6.45) is -0.530. The molecule has 3 nitrogen and oxygen atoms in total. The molecule has 0 atom stereocenters. The molecule has 0 saturated carbocycles. The average molecular weight is 193 g/mol. The zero-order valence-corrected chi connectivity index (χ0v) is 7.37. The molecular weight excluding hydrogens is 185 g/mol. The van der Waals surface area contributed by atoms with Gasteiger partial charge >= 0.3 is 0 Å². The van der Waals surface area contributed by atoms with E-state index in [2.05, 4.69) is 0 Å². The first-order valence-corrected chi connectivity index (χ1v) is 4.23. The largest absolute Gasteiger partial charge is 0.346 e. The minimum atomic E-state index is -0.530. The number of nitriles is 1. The average Bonchev–Trinajstić information content (AvgIpc) is 2.69. The van der Waals surface area contributed by atoms with Crippen molar-refractivity contribution >= 4 is 0 Å². The maximum atomic E-state index is 13.0. The molecule has 0 aliphatic carbocycles. The quantitative estimate of drug-likeness (QED) is 0.682. The summed E-state index contributed by atoms with van der Waals surface area (Å²) < 4.78 is 23.4. The Balaban J connectivity index is 2.33. The van der Waals surface area contributed by atoms with Gasteiger partial charge in [-0.15, -0.1) is 0 Å². The van der Waals surface area contributed by atoms with Gasteiger partial charge in [0.15, 0.2) is 6.29 Å². The van der Waals surface area contributed by atoms with Crippen molar-refractivity contribution in [3.63, 3.8) is 0 Å². The standard InChI is InChI=1S/C10H8FNO2/c11-9-4-7(6-12)3-8(5-9)10-13-1-2-14-10/h3-5,10H,1-2H2. The number of benzene rings is 1. The van der Waals surface area contributed by atoms with Crippen LogP contribution in [0.2, 0.25) is 0 Å².